The predicted molar refractivity (Wildman–Crippen MR) is 156 cm³/mol. The Morgan fingerprint density at radius 1 is 0.846 bits per heavy atom. The highest BCUT2D eigenvalue weighted by molar-refractivity contribution is 7.92. The van der Waals surface area contributed by atoms with Gasteiger partial charge >= 0.3 is 0 Å². The molecule has 208 valence electrons. The average Bonchev–Trinajstić information content (AvgIpc) is 2.91. The van der Waals surface area contributed by atoms with E-state index in [1.165, 1.54) is 4.90 Å². The van der Waals surface area contributed by atoms with Gasteiger partial charge in [0.15, 0.2) is 0 Å². The van der Waals surface area contributed by atoms with Crippen LogP contribution < -0.4 is 9.62 Å². The monoisotopic (exact) mass is 549 g/mol. The fourth-order valence-corrected chi connectivity index (χ4v) is 5.69. The van der Waals surface area contributed by atoms with Gasteiger partial charge in [-0.25, -0.2) is 8.42 Å². The molecule has 1 N–H and O–H groups in total. The largest absolute Gasteiger partial charge is 0.352 e. The zero-order valence-electron chi connectivity index (χ0n) is 23.6. The highest BCUT2D eigenvalue weighted by atomic mass is 32.2. The SMILES string of the molecule is CC[C@H](C)NC(=O)[C@H](C)N(Cc1ccccc1C)C(=O)CN(c1ccccc1C)S(=O)(=O)c1ccc(C)cc1. The van der Waals surface area contributed by atoms with Crippen LogP contribution in [0.5, 0.6) is 0 Å². The zero-order valence-corrected chi connectivity index (χ0v) is 24.5. The molecule has 7 nitrogen and oxygen atoms in total. The molecule has 0 saturated heterocycles. The molecule has 3 rings (SSSR count). The maximum absolute atomic E-state index is 14.0. The third-order valence-electron chi connectivity index (χ3n) is 7.04. The van der Waals surface area contributed by atoms with Crippen molar-refractivity contribution in [2.75, 3.05) is 10.8 Å². The van der Waals surface area contributed by atoms with Gasteiger partial charge in [-0.1, -0.05) is 67.1 Å². The number of aryl methyl sites for hydroxylation is 3. The third-order valence-corrected chi connectivity index (χ3v) is 8.82. The van der Waals surface area contributed by atoms with E-state index in [2.05, 4.69) is 5.32 Å². The summed E-state index contributed by atoms with van der Waals surface area (Å²) in [5.74, 6) is -0.751. The molecular formula is C31H39N3O4S. The van der Waals surface area contributed by atoms with Crippen molar-refractivity contribution in [3.8, 4) is 0 Å². The van der Waals surface area contributed by atoms with Crippen LogP contribution in [-0.2, 0) is 26.2 Å². The van der Waals surface area contributed by atoms with Crippen molar-refractivity contribution in [1.29, 1.82) is 0 Å². The lowest BCUT2D eigenvalue weighted by molar-refractivity contribution is -0.139. The topological polar surface area (TPSA) is 86.8 Å². The van der Waals surface area contributed by atoms with Crippen LogP contribution in [0.25, 0.3) is 0 Å². The van der Waals surface area contributed by atoms with Crippen molar-refractivity contribution in [1.82, 2.24) is 10.2 Å². The first-order chi connectivity index (χ1) is 18.4. The molecule has 0 unspecified atom stereocenters. The Bertz CT molecular complexity index is 1400. The Labute approximate surface area is 232 Å². The summed E-state index contributed by atoms with van der Waals surface area (Å²) in [6, 6.07) is 20.4. The average molecular weight is 550 g/mol. The molecule has 0 aliphatic rings. The molecule has 2 amide bonds. The first-order valence-electron chi connectivity index (χ1n) is 13.2. The minimum atomic E-state index is -4.09. The van der Waals surface area contributed by atoms with E-state index in [1.807, 2.05) is 71.0 Å². The molecule has 8 heteroatoms. The molecule has 0 bridgehead atoms. The number of carbonyl (C=O) groups is 2. The van der Waals surface area contributed by atoms with Crippen molar-refractivity contribution < 1.29 is 18.0 Å². The molecule has 2 atom stereocenters. The maximum Gasteiger partial charge on any atom is 0.264 e. The molecule has 39 heavy (non-hydrogen) atoms. The van der Waals surface area contributed by atoms with E-state index >= 15 is 0 Å². The van der Waals surface area contributed by atoms with Gasteiger partial charge in [-0.05, 0) is 75.9 Å². The van der Waals surface area contributed by atoms with E-state index in [0.717, 1.165) is 27.4 Å². The van der Waals surface area contributed by atoms with E-state index < -0.39 is 28.5 Å². The maximum atomic E-state index is 14.0. The number of rotatable bonds is 11. The van der Waals surface area contributed by atoms with Crippen molar-refractivity contribution in [3.05, 3.63) is 95.1 Å². The Morgan fingerprint density at radius 3 is 2.03 bits per heavy atom. The Kier molecular flexibility index (Phi) is 9.92. The number of amides is 2. The molecule has 0 fully saturated rings. The van der Waals surface area contributed by atoms with E-state index in [1.54, 1.807) is 43.3 Å². The van der Waals surface area contributed by atoms with Gasteiger partial charge < -0.3 is 10.2 Å². The number of para-hydroxylation sites is 1. The summed E-state index contributed by atoms with van der Waals surface area (Å²) in [6.45, 7) is 10.9. The van der Waals surface area contributed by atoms with Gasteiger partial charge in [0.1, 0.15) is 12.6 Å². The quantitative estimate of drug-likeness (QED) is 0.359. The number of carbonyl (C=O) groups excluding carboxylic acids is 2. The molecule has 3 aromatic rings. The van der Waals surface area contributed by atoms with Crippen LogP contribution in [0.15, 0.2) is 77.7 Å². The summed E-state index contributed by atoms with van der Waals surface area (Å²) in [5.41, 5.74) is 3.93. The lowest BCUT2D eigenvalue weighted by Gasteiger charge is -2.33. The summed E-state index contributed by atoms with van der Waals surface area (Å²) >= 11 is 0. The van der Waals surface area contributed by atoms with Crippen LogP contribution in [0.2, 0.25) is 0 Å². The fraction of sp³-hybridized carbons (Fsp3) is 0.355. The smallest absolute Gasteiger partial charge is 0.264 e. The van der Waals surface area contributed by atoms with E-state index in [0.29, 0.717) is 11.3 Å². The van der Waals surface area contributed by atoms with Crippen molar-refractivity contribution in [2.45, 2.75) is 71.5 Å². The minimum Gasteiger partial charge on any atom is -0.352 e. The second-order valence-electron chi connectivity index (χ2n) is 10.1. The summed E-state index contributed by atoms with van der Waals surface area (Å²) < 4.78 is 29.0. The molecule has 0 saturated carbocycles. The number of benzene rings is 3. The standard InChI is InChI=1S/C31H39N3O4S/c1-7-25(5)32-31(36)26(6)33(20-27-14-10-8-12-23(27)3)30(35)21-34(29-15-11-9-13-24(29)4)39(37,38)28-18-16-22(2)17-19-28/h8-19,25-26H,7,20-21H2,1-6H3,(H,32,36)/t25-,26-/m0/s1. The van der Waals surface area contributed by atoms with Crippen molar-refractivity contribution >= 4 is 27.5 Å². The van der Waals surface area contributed by atoms with Gasteiger partial charge in [0.05, 0.1) is 10.6 Å². The zero-order chi connectivity index (χ0) is 28.7. The van der Waals surface area contributed by atoms with Crippen LogP contribution >= 0.6 is 0 Å². The normalized spacial score (nSPS) is 12.9. The van der Waals surface area contributed by atoms with Crippen molar-refractivity contribution in [3.63, 3.8) is 0 Å². The minimum absolute atomic E-state index is 0.0549. The molecule has 0 aliphatic heterocycles. The van der Waals surface area contributed by atoms with Crippen LogP contribution in [0, 0.1) is 20.8 Å². The fourth-order valence-electron chi connectivity index (χ4n) is 4.21. The van der Waals surface area contributed by atoms with E-state index in [9.17, 15) is 18.0 Å². The lowest BCUT2D eigenvalue weighted by atomic mass is 10.1. The second-order valence-corrected chi connectivity index (χ2v) is 11.9. The van der Waals surface area contributed by atoms with Gasteiger partial charge in [0, 0.05) is 12.6 Å². The Morgan fingerprint density at radius 2 is 1.44 bits per heavy atom. The molecule has 0 spiro atoms. The summed E-state index contributed by atoms with van der Waals surface area (Å²) in [7, 11) is -4.09. The summed E-state index contributed by atoms with van der Waals surface area (Å²) in [6.07, 6.45) is 0.750. The van der Waals surface area contributed by atoms with Crippen molar-refractivity contribution in [2.24, 2.45) is 0 Å². The Hall–Kier alpha value is -3.65. The number of sulfonamides is 1. The highest BCUT2D eigenvalue weighted by Crippen LogP contribution is 2.27. The van der Waals surface area contributed by atoms with Crippen LogP contribution in [0.3, 0.4) is 0 Å². The number of hydrogen-bond donors (Lipinski definition) is 1. The van der Waals surface area contributed by atoms with Gasteiger partial charge in [0.2, 0.25) is 11.8 Å². The van der Waals surface area contributed by atoms with Gasteiger partial charge in [-0.3, -0.25) is 13.9 Å². The molecular weight excluding hydrogens is 510 g/mol. The molecule has 0 heterocycles. The molecule has 0 radical (unpaired) electrons. The first kappa shape index (κ1) is 29.9. The number of anilines is 1. The number of hydrogen-bond acceptors (Lipinski definition) is 4. The van der Waals surface area contributed by atoms with Gasteiger partial charge in [-0.15, -0.1) is 0 Å². The Balaban J connectivity index is 2.05. The van der Waals surface area contributed by atoms with E-state index in [-0.39, 0.29) is 23.4 Å². The first-order valence-corrected chi connectivity index (χ1v) is 14.7. The molecule has 3 aromatic carbocycles. The van der Waals surface area contributed by atoms with Gasteiger partial charge in [-0.2, -0.15) is 0 Å². The molecule has 0 aliphatic carbocycles. The second kappa shape index (κ2) is 12.9. The highest BCUT2D eigenvalue weighted by Gasteiger charge is 2.33. The number of nitrogens with zero attached hydrogens (tertiary/aromatic N) is 2. The van der Waals surface area contributed by atoms with Crippen LogP contribution in [-0.4, -0.2) is 43.8 Å². The lowest BCUT2D eigenvalue weighted by Crippen LogP contribution is -2.52. The summed E-state index contributed by atoms with van der Waals surface area (Å²) in [4.78, 5) is 28.7. The summed E-state index contributed by atoms with van der Waals surface area (Å²) in [5, 5.41) is 2.96. The van der Waals surface area contributed by atoms with Gasteiger partial charge in [0.25, 0.3) is 10.0 Å². The molecule has 0 aromatic heterocycles. The predicted octanol–water partition coefficient (Wildman–Crippen LogP) is 5.14. The van der Waals surface area contributed by atoms with Crippen LogP contribution in [0.1, 0.15) is 49.4 Å². The number of nitrogens with one attached hydrogen (secondary N) is 1. The third kappa shape index (κ3) is 7.26. The van der Waals surface area contributed by atoms with Crippen LogP contribution in [0.4, 0.5) is 5.69 Å². The van der Waals surface area contributed by atoms with E-state index in [4.69, 9.17) is 0 Å².